The average Bonchev–Trinajstić information content (AvgIpc) is 2.68. The Morgan fingerprint density at radius 2 is 1.74 bits per heavy atom. The molecule has 2 fully saturated rings. The van der Waals surface area contributed by atoms with Gasteiger partial charge >= 0.3 is 0 Å². The minimum absolute atomic E-state index is 0.0328. The molecule has 150 valence electrons. The van der Waals surface area contributed by atoms with Crippen molar-refractivity contribution in [2.75, 3.05) is 19.6 Å². The van der Waals surface area contributed by atoms with Crippen molar-refractivity contribution in [1.29, 1.82) is 0 Å². The summed E-state index contributed by atoms with van der Waals surface area (Å²) in [6.45, 7) is 0.936. The van der Waals surface area contributed by atoms with Crippen LogP contribution in [0.1, 0.15) is 44.9 Å². The molecule has 1 saturated heterocycles. The summed E-state index contributed by atoms with van der Waals surface area (Å²) < 4.78 is 53.5. The quantitative estimate of drug-likeness (QED) is 0.826. The molecule has 1 aromatic carbocycles. The van der Waals surface area contributed by atoms with Gasteiger partial charge in [-0.3, -0.25) is 4.79 Å². The van der Waals surface area contributed by atoms with E-state index in [1.807, 2.05) is 0 Å². The lowest BCUT2D eigenvalue weighted by Gasteiger charge is -2.31. The fraction of sp³-hybridized carbons (Fsp3) is 0.632. The zero-order valence-electron chi connectivity index (χ0n) is 15.3. The summed E-state index contributed by atoms with van der Waals surface area (Å²) in [6.07, 6.45) is 6.76. The Balaban J connectivity index is 1.54. The molecular formula is C19H26F2N2O3S. The number of hydrogen-bond donors (Lipinski definition) is 1. The number of rotatable bonds is 5. The first-order chi connectivity index (χ1) is 12.9. The molecule has 5 nitrogen and oxygen atoms in total. The van der Waals surface area contributed by atoms with E-state index in [9.17, 15) is 22.0 Å². The van der Waals surface area contributed by atoms with Crippen molar-refractivity contribution in [3.63, 3.8) is 0 Å². The van der Waals surface area contributed by atoms with Crippen molar-refractivity contribution in [2.45, 2.75) is 49.8 Å². The van der Waals surface area contributed by atoms with Gasteiger partial charge in [-0.05, 0) is 49.8 Å². The fourth-order valence-electron chi connectivity index (χ4n) is 3.95. The Morgan fingerprint density at radius 1 is 1.07 bits per heavy atom. The number of carbonyl (C=O) groups excluding carboxylic acids is 1. The van der Waals surface area contributed by atoms with E-state index in [1.54, 1.807) is 0 Å². The van der Waals surface area contributed by atoms with E-state index in [0.717, 1.165) is 29.3 Å². The molecule has 0 atom stereocenters. The van der Waals surface area contributed by atoms with Crippen molar-refractivity contribution >= 4 is 15.9 Å². The molecule has 1 aromatic rings. The second-order valence-corrected chi connectivity index (χ2v) is 9.41. The van der Waals surface area contributed by atoms with Crippen molar-refractivity contribution in [1.82, 2.24) is 9.62 Å². The normalized spacial score (nSPS) is 20.5. The maximum Gasteiger partial charge on any atom is 0.246 e. The lowest BCUT2D eigenvalue weighted by Crippen LogP contribution is -2.44. The van der Waals surface area contributed by atoms with E-state index in [2.05, 4.69) is 5.32 Å². The van der Waals surface area contributed by atoms with E-state index < -0.39 is 26.6 Å². The molecule has 1 N–H and O–H groups in total. The molecule has 8 heteroatoms. The maximum atomic E-state index is 13.9. The van der Waals surface area contributed by atoms with Crippen LogP contribution in [0.25, 0.3) is 0 Å². The van der Waals surface area contributed by atoms with E-state index in [4.69, 9.17) is 0 Å². The minimum atomic E-state index is -4.11. The van der Waals surface area contributed by atoms with Gasteiger partial charge in [0.05, 0.1) is 0 Å². The Morgan fingerprint density at radius 3 is 2.41 bits per heavy atom. The summed E-state index contributed by atoms with van der Waals surface area (Å²) >= 11 is 0. The van der Waals surface area contributed by atoms with Crippen LogP contribution in [0.5, 0.6) is 0 Å². The van der Waals surface area contributed by atoms with Crippen LogP contribution in [0, 0.1) is 23.5 Å². The highest BCUT2D eigenvalue weighted by Crippen LogP contribution is 2.27. The van der Waals surface area contributed by atoms with Crippen molar-refractivity contribution in [3.8, 4) is 0 Å². The van der Waals surface area contributed by atoms with E-state index >= 15 is 0 Å². The highest BCUT2D eigenvalue weighted by atomic mass is 32.2. The van der Waals surface area contributed by atoms with Gasteiger partial charge in [-0.2, -0.15) is 4.31 Å². The van der Waals surface area contributed by atoms with Crippen molar-refractivity contribution in [2.24, 2.45) is 11.8 Å². The molecule has 1 amide bonds. The van der Waals surface area contributed by atoms with Crippen LogP contribution in [0.2, 0.25) is 0 Å². The number of piperidine rings is 1. The molecule has 0 unspecified atom stereocenters. The Hall–Kier alpha value is -1.54. The zero-order valence-corrected chi connectivity index (χ0v) is 16.1. The van der Waals surface area contributed by atoms with Crippen molar-refractivity contribution in [3.05, 3.63) is 29.8 Å². The molecular weight excluding hydrogens is 374 g/mol. The third kappa shape index (κ3) is 4.85. The SMILES string of the molecule is O=C(NCC1CCCCC1)C1CCN(S(=O)(=O)c2cc(F)ccc2F)CC1. The maximum absolute atomic E-state index is 13.9. The first-order valence-corrected chi connectivity index (χ1v) is 11.0. The molecule has 3 rings (SSSR count). The number of halogens is 2. The third-order valence-corrected chi connectivity index (χ3v) is 7.54. The molecule has 1 aliphatic carbocycles. The summed E-state index contributed by atoms with van der Waals surface area (Å²) in [4.78, 5) is 11.7. The van der Waals surface area contributed by atoms with Crippen LogP contribution in [-0.4, -0.2) is 38.3 Å². The first kappa shape index (κ1) is 20.2. The molecule has 1 heterocycles. The lowest BCUT2D eigenvalue weighted by molar-refractivity contribution is -0.126. The van der Waals surface area contributed by atoms with E-state index in [1.165, 1.54) is 19.3 Å². The van der Waals surface area contributed by atoms with Crippen LogP contribution < -0.4 is 5.32 Å². The number of carbonyl (C=O) groups is 1. The Kier molecular flexibility index (Phi) is 6.47. The number of nitrogens with one attached hydrogen (secondary N) is 1. The number of sulfonamides is 1. The van der Waals surface area contributed by atoms with Crippen LogP contribution >= 0.6 is 0 Å². The summed E-state index contributed by atoms with van der Waals surface area (Å²) in [6, 6.07) is 2.40. The van der Waals surface area contributed by atoms with Crippen LogP contribution in [-0.2, 0) is 14.8 Å². The lowest BCUT2D eigenvalue weighted by atomic mass is 9.89. The fourth-order valence-corrected chi connectivity index (χ4v) is 5.50. The predicted octanol–water partition coefficient (Wildman–Crippen LogP) is 3.06. The molecule has 0 spiro atoms. The second-order valence-electron chi connectivity index (χ2n) is 7.50. The van der Waals surface area contributed by atoms with Gasteiger partial charge in [-0.25, -0.2) is 17.2 Å². The highest BCUT2D eigenvalue weighted by Gasteiger charge is 2.33. The molecule has 1 aliphatic heterocycles. The van der Waals surface area contributed by atoms with E-state index in [0.29, 0.717) is 31.4 Å². The monoisotopic (exact) mass is 400 g/mol. The number of hydrogen-bond acceptors (Lipinski definition) is 3. The number of benzene rings is 1. The largest absolute Gasteiger partial charge is 0.356 e. The van der Waals surface area contributed by atoms with Crippen LogP contribution in [0.4, 0.5) is 8.78 Å². The predicted molar refractivity (Wildman–Crippen MR) is 97.4 cm³/mol. The first-order valence-electron chi connectivity index (χ1n) is 9.61. The van der Waals surface area contributed by atoms with Gasteiger partial charge in [-0.15, -0.1) is 0 Å². The van der Waals surface area contributed by atoms with Crippen molar-refractivity contribution < 1.29 is 22.0 Å². The van der Waals surface area contributed by atoms with E-state index in [-0.39, 0.29) is 24.9 Å². The summed E-state index contributed by atoms with van der Waals surface area (Å²) in [7, 11) is -4.11. The van der Waals surface area contributed by atoms with Gasteiger partial charge in [0.15, 0.2) is 0 Å². The van der Waals surface area contributed by atoms with Gasteiger partial charge < -0.3 is 5.32 Å². The topological polar surface area (TPSA) is 66.5 Å². The molecule has 2 aliphatic rings. The third-order valence-electron chi connectivity index (χ3n) is 5.63. The molecule has 0 radical (unpaired) electrons. The van der Waals surface area contributed by atoms with Crippen LogP contribution in [0.3, 0.4) is 0 Å². The summed E-state index contributed by atoms with van der Waals surface area (Å²) in [5.41, 5.74) is 0. The molecule has 0 bridgehead atoms. The van der Waals surface area contributed by atoms with Gasteiger partial charge in [0.1, 0.15) is 16.5 Å². The minimum Gasteiger partial charge on any atom is -0.356 e. The zero-order chi connectivity index (χ0) is 19.4. The summed E-state index contributed by atoms with van der Waals surface area (Å²) in [5, 5.41) is 3.01. The standard InChI is InChI=1S/C19H26F2N2O3S/c20-16-6-7-17(21)18(12-16)27(25,26)23-10-8-15(9-11-23)19(24)22-13-14-4-2-1-3-5-14/h6-7,12,14-15H,1-5,8-11,13H2,(H,22,24). The number of nitrogens with zero attached hydrogens (tertiary/aromatic N) is 1. The molecule has 27 heavy (non-hydrogen) atoms. The smallest absolute Gasteiger partial charge is 0.246 e. The van der Waals surface area contributed by atoms with Crippen LogP contribution in [0.15, 0.2) is 23.1 Å². The van der Waals surface area contributed by atoms with Gasteiger partial charge in [-0.1, -0.05) is 19.3 Å². The van der Waals surface area contributed by atoms with Gasteiger partial charge in [0.25, 0.3) is 0 Å². The molecule has 0 aromatic heterocycles. The Labute approximate surface area is 159 Å². The average molecular weight is 400 g/mol. The van der Waals surface area contributed by atoms with Gasteiger partial charge in [0, 0.05) is 25.6 Å². The summed E-state index contributed by atoms with van der Waals surface area (Å²) in [5.74, 6) is -1.50. The Bertz CT molecular complexity index is 771. The highest BCUT2D eigenvalue weighted by molar-refractivity contribution is 7.89. The number of amides is 1. The van der Waals surface area contributed by atoms with Gasteiger partial charge in [0.2, 0.25) is 15.9 Å². The molecule has 1 saturated carbocycles. The second kappa shape index (κ2) is 8.65.